The summed E-state index contributed by atoms with van der Waals surface area (Å²) in [6.45, 7) is -0.0469. The number of β-amino-alcohol motifs (C(OH)–C–C–N with tert-alkyl or cyclic N) is 1. The molecule has 0 aliphatic carbocycles. The van der Waals surface area contributed by atoms with Crippen LogP contribution in [-0.2, 0) is 7.05 Å². The van der Waals surface area contributed by atoms with Crippen molar-refractivity contribution in [1.82, 2.24) is 14.1 Å². The smallest absolute Gasteiger partial charge is 0.332 e. The zero-order valence-electron chi connectivity index (χ0n) is 20.0. The number of methoxy groups -OCH3 is 1. The predicted molar refractivity (Wildman–Crippen MR) is 137 cm³/mol. The Balaban J connectivity index is 1.55. The van der Waals surface area contributed by atoms with Crippen molar-refractivity contribution in [2.24, 2.45) is 7.05 Å². The number of anilines is 1. The first kappa shape index (κ1) is 24.8. The van der Waals surface area contributed by atoms with Crippen molar-refractivity contribution in [2.75, 3.05) is 31.7 Å². The highest BCUT2D eigenvalue weighted by Crippen LogP contribution is 2.43. The minimum absolute atomic E-state index is 0.167. The number of aliphatic hydroxyl groups excluding tert-OH is 1. The van der Waals surface area contributed by atoms with Gasteiger partial charge in [0.25, 0.3) is 0 Å². The number of aliphatic hydroxyl groups is 2. The third-order valence-corrected chi connectivity index (χ3v) is 6.78. The first-order valence-corrected chi connectivity index (χ1v) is 11.7. The number of phenols is 1. The van der Waals surface area contributed by atoms with Gasteiger partial charge in [0.1, 0.15) is 22.9 Å². The van der Waals surface area contributed by atoms with Crippen molar-refractivity contribution in [1.29, 1.82) is 0 Å². The number of rotatable bonds is 6. The summed E-state index contributed by atoms with van der Waals surface area (Å²) < 4.78 is 22.9. The van der Waals surface area contributed by atoms with Crippen LogP contribution >= 0.6 is 11.6 Å². The maximum absolute atomic E-state index is 14.8. The summed E-state index contributed by atoms with van der Waals surface area (Å²) in [5, 5.41) is 31.0. The molecule has 0 radical (unpaired) electrons. The third-order valence-electron chi connectivity index (χ3n) is 6.48. The SMILES string of the molecule is COc1ncc(-c2cc(F)cc(-c3ccc(-n4ccn(C)c4=O)c(Cl)c3)c2O)cc1N1CC(O)(CO)C1. The Kier molecular flexibility index (Phi) is 6.18. The van der Waals surface area contributed by atoms with E-state index < -0.39 is 11.4 Å². The second kappa shape index (κ2) is 9.22. The van der Waals surface area contributed by atoms with Crippen LogP contribution in [0.25, 0.3) is 27.9 Å². The number of ether oxygens (including phenoxy) is 1. The second-order valence-electron chi connectivity index (χ2n) is 9.07. The predicted octanol–water partition coefficient (Wildman–Crippen LogP) is 2.96. The van der Waals surface area contributed by atoms with E-state index in [-0.39, 0.29) is 47.3 Å². The van der Waals surface area contributed by atoms with Gasteiger partial charge in [-0.15, -0.1) is 0 Å². The lowest BCUT2D eigenvalue weighted by Gasteiger charge is -2.46. The van der Waals surface area contributed by atoms with E-state index in [1.807, 2.05) is 0 Å². The molecule has 11 heteroatoms. The number of phenolic OH excluding ortho intramolecular Hbond substituents is 1. The lowest BCUT2D eigenvalue weighted by molar-refractivity contribution is -0.0361. The lowest BCUT2D eigenvalue weighted by Crippen LogP contribution is -2.64. The summed E-state index contributed by atoms with van der Waals surface area (Å²) in [7, 11) is 3.08. The van der Waals surface area contributed by atoms with E-state index in [1.165, 1.54) is 34.6 Å². The highest BCUT2D eigenvalue weighted by molar-refractivity contribution is 6.32. The van der Waals surface area contributed by atoms with E-state index in [4.69, 9.17) is 16.3 Å². The number of nitrogens with zero attached hydrogens (tertiary/aromatic N) is 4. The third kappa shape index (κ3) is 4.33. The fourth-order valence-corrected chi connectivity index (χ4v) is 4.73. The summed E-state index contributed by atoms with van der Waals surface area (Å²) in [5.74, 6) is -0.480. The molecule has 3 N–H and O–H groups in total. The molecule has 0 amide bonds. The van der Waals surface area contributed by atoms with Crippen molar-refractivity contribution in [3.05, 3.63) is 76.3 Å². The molecule has 0 spiro atoms. The molecule has 9 nitrogen and oxygen atoms in total. The van der Waals surface area contributed by atoms with Crippen LogP contribution in [-0.4, -0.2) is 61.8 Å². The first-order chi connectivity index (χ1) is 17.6. The average Bonchev–Trinajstić information content (AvgIpc) is 3.20. The molecule has 5 rings (SSSR count). The van der Waals surface area contributed by atoms with E-state index in [0.29, 0.717) is 28.4 Å². The van der Waals surface area contributed by atoms with Gasteiger partial charge in [0.15, 0.2) is 0 Å². The highest BCUT2D eigenvalue weighted by atomic mass is 35.5. The van der Waals surface area contributed by atoms with Gasteiger partial charge in [-0.25, -0.2) is 14.2 Å². The summed E-state index contributed by atoms with van der Waals surface area (Å²) in [5.41, 5.74) is 0.778. The minimum Gasteiger partial charge on any atom is -0.507 e. The molecule has 0 unspecified atom stereocenters. The van der Waals surface area contributed by atoms with Gasteiger partial charge in [0.05, 0.1) is 37.5 Å². The Morgan fingerprint density at radius 2 is 1.81 bits per heavy atom. The summed E-state index contributed by atoms with van der Waals surface area (Å²) in [6, 6.07) is 8.91. The van der Waals surface area contributed by atoms with Gasteiger partial charge in [-0.05, 0) is 35.9 Å². The number of pyridine rings is 1. The molecule has 4 aromatic rings. The Bertz CT molecular complexity index is 1560. The highest BCUT2D eigenvalue weighted by Gasteiger charge is 2.42. The van der Waals surface area contributed by atoms with E-state index in [9.17, 15) is 24.5 Å². The summed E-state index contributed by atoms with van der Waals surface area (Å²) >= 11 is 6.48. The van der Waals surface area contributed by atoms with Crippen LogP contribution in [0.5, 0.6) is 11.6 Å². The Hall–Kier alpha value is -3.86. The molecule has 2 aromatic heterocycles. The Labute approximate surface area is 216 Å². The van der Waals surface area contributed by atoms with Crippen molar-refractivity contribution in [2.45, 2.75) is 5.60 Å². The quantitative estimate of drug-likeness (QED) is 0.354. The molecule has 37 heavy (non-hydrogen) atoms. The fraction of sp³-hybridized carbons (Fsp3) is 0.231. The zero-order chi connectivity index (χ0) is 26.5. The van der Waals surface area contributed by atoms with Crippen LogP contribution in [0.1, 0.15) is 0 Å². The van der Waals surface area contributed by atoms with Gasteiger partial charge in [-0.3, -0.25) is 4.57 Å². The number of aryl methyl sites for hydroxylation is 1. The standard InChI is InChI=1S/C26H24ClFN4O5/c1-30-5-6-32(25(30)35)21-4-3-15(7-20(21)27)18-9-17(28)10-19(23(18)34)16-8-22(24(37-2)29-11-16)31-12-26(36,13-31)14-33/h3-11,33-34,36H,12-14H2,1-2H3. The summed E-state index contributed by atoms with van der Waals surface area (Å²) in [6.07, 6.45) is 4.66. The van der Waals surface area contributed by atoms with Crippen LogP contribution in [0.2, 0.25) is 5.02 Å². The largest absolute Gasteiger partial charge is 0.507 e. The molecule has 192 valence electrons. The van der Waals surface area contributed by atoms with Crippen molar-refractivity contribution in [3.8, 4) is 39.6 Å². The fourth-order valence-electron chi connectivity index (χ4n) is 4.46. The Morgan fingerprint density at radius 3 is 2.41 bits per heavy atom. The maximum atomic E-state index is 14.8. The van der Waals surface area contributed by atoms with Gasteiger partial charge in [0.2, 0.25) is 5.88 Å². The van der Waals surface area contributed by atoms with Crippen molar-refractivity contribution in [3.63, 3.8) is 0 Å². The van der Waals surface area contributed by atoms with Gasteiger partial charge in [0, 0.05) is 42.3 Å². The van der Waals surface area contributed by atoms with Crippen LogP contribution in [0.3, 0.4) is 0 Å². The average molecular weight is 527 g/mol. The van der Waals surface area contributed by atoms with Gasteiger partial charge < -0.3 is 29.5 Å². The number of hydrogen-bond donors (Lipinski definition) is 3. The molecule has 3 heterocycles. The monoisotopic (exact) mass is 526 g/mol. The maximum Gasteiger partial charge on any atom is 0.332 e. The molecule has 0 bridgehead atoms. The lowest BCUT2D eigenvalue weighted by atomic mass is 9.93. The molecule has 1 fully saturated rings. The van der Waals surface area contributed by atoms with E-state index in [1.54, 1.807) is 48.6 Å². The van der Waals surface area contributed by atoms with Gasteiger partial charge in [-0.2, -0.15) is 0 Å². The Morgan fingerprint density at radius 1 is 1.11 bits per heavy atom. The number of hydrogen-bond acceptors (Lipinski definition) is 7. The van der Waals surface area contributed by atoms with Crippen LogP contribution in [0, 0.1) is 5.82 Å². The second-order valence-corrected chi connectivity index (χ2v) is 9.48. The molecule has 0 saturated carbocycles. The minimum atomic E-state index is -1.22. The van der Waals surface area contributed by atoms with E-state index in [2.05, 4.69) is 4.98 Å². The number of aromatic nitrogens is 3. The molecule has 1 aliphatic rings. The van der Waals surface area contributed by atoms with Crippen LogP contribution in [0.4, 0.5) is 10.1 Å². The van der Waals surface area contributed by atoms with Crippen LogP contribution < -0.4 is 15.3 Å². The van der Waals surface area contributed by atoms with Crippen LogP contribution in [0.15, 0.2) is 59.8 Å². The number of benzene rings is 2. The molecule has 1 saturated heterocycles. The number of halogens is 2. The van der Waals surface area contributed by atoms with Gasteiger partial charge in [-0.1, -0.05) is 17.7 Å². The molecule has 0 atom stereocenters. The molecule has 2 aromatic carbocycles. The summed E-state index contributed by atoms with van der Waals surface area (Å²) in [4.78, 5) is 18.4. The normalized spacial score (nSPS) is 14.5. The first-order valence-electron chi connectivity index (χ1n) is 11.3. The van der Waals surface area contributed by atoms with Crippen molar-refractivity contribution >= 4 is 17.3 Å². The zero-order valence-corrected chi connectivity index (χ0v) is 20.8. The molecule has 1 aliphatic heterocycles. The number of aromatic hydroxyl groups is 1. The topological polar surface area (TPSA) is 113 Å². The van der Waals surface area contributed by atoms with E-state index in [0.717, 1.165) is 0 Å². The molecular weight excluding hydrogens is 503 g/mol. The van der Waals surface area contributed by atoms with Gasteiger partial charge >= 0.3 is 5.69 Å². The number of imidazole rings is 1. The van der Waals surface area contributed by atoms with E-state index >= 15 is 0 Å². The van der Waals surface area contributed by atoms with Crippen molar-refractivity contribution < 1.29 is 24.4 Å². The molecular formula is C26H24ClFN4O5.